The second-order valence-corrected chi connectivity index (χ2v) is 6.78. The van der Waals surface area contributed by atoms with Gasteiger partial charge >= 0.3 is 0 Å². The third kappa shape index (κ3) is 5.42. The van der Waals surface area contributed by atoms with E-state index >= 15 is 0 Å². The average molecular weight is 351 g/mol. The number of piperidine rings is 1. The molecule has 1 aromatic rings. The first-order valence-electron chi connectivity index (χ1n) is 8.16. The number of rotatable bonds is 7. The van der Waals surface area contributed by atoms with E-state index in [0.29, 0.717) is 25.4 Å². The van der Waals surface area contributed by atoms with Crippen LogP contribution in [0.2, 0.25) is 0 Å². The summed E-state index contributed by atoms with van der Waals surface area (Å²) in [6, 6.07) is 7.66. The molecule has 0 saturated carbocycles. The molecule has 1 aliphatic rings. The Morgan fingerprint density at radius 3 is 3.04 bits per heavy atom. The fraction of sp³-hybridized carbons (Fsp3) is 0.529. The Hall–Kier alpha value is -1.73. The SMILES string of the molecule is COc1cccc(SCC(=O)N2CCCC(C(=O)NCCN)C2)c1. The van der Waals surface area contributed by atoms with Crippen LogP contribution in [0.5, 0.6) is 5.75 Å². The number of nitrogens with one attached hydrogen (secondary N) is 1. The normalized spacial score (nSPS) is 17.4. The van der Waals surface area contributed by atoms with E-state index in [4.69, 9.17) is 10.5 Å². The van der Waals surface area contributed by atoms with Crippen molar-refractivity contribution in [1.82, 2.24) is 10.2 Å². The summed E-state index contributed by atoms with van der Waals surface area (Å²) in [5, 5.41) is 2.81. The van der Waals surface area contributed by atoms with Gasteiger partial charge < -0.3 is 20.7 Å². The molecule has 0 radical (unpaired) electrons. The number of amides is 2. The van der Waals surface area contributed by atoms with Crippen molar-refractivity contribution in [2.75, 3.05) is 39.0 Å². The number of nitrogens with two attached hydrogens (primary N) is 1. The first-order valence-corrected chi connectivity index (χ1v) is 9.15. The maximum absolute atomic E-state index is 12.4. The van der Waals surface area contributed by atoms with Gasteiger partial charge in [0.1, 0.15) is 5.75 Å². The molecule has 1 heterocycles. The summed E-state index contributed by atoms with van der Waals surface area (Å²) in [7, 11) is 1.62. The number of nitrogens with zero attached hydrogens (tertiary/aromatic N) is 1. The zero-order valence-electron chi connectivity index (χ0n) is 14.0. The molecule has 0 spiro atoms. The van der Waals surface area contributed by atoms with Gasteiger partial charge in [0, 0.05) is 31.1 Å². The van der Waals surface area contributed by atoms with E-state index in [1.807, 2.05) is 24.3 Å². The van der Waals surface area contributed by atoms with Gasteiger partial charge in [-0.05, 0) is 31.0 Å². The molecule has 1 fully saturated rings. The highest BCUT2D eigenvalue weighted by molar-refractivity contribution is 8.00. The lowest BCUT2D eigenvalue weighted by Crippen LogP contribution is -2.46. The fourth-order valence-corrected chi connectivity index (χ4v) is 3.53. The zero-order chi connectivity index (χ0) is 17.4. The van der Waals surface area contributed by atoms with Crippen molar-refractivity contribution in [3.63, 3.8) is 0 Å². The Labute approximate surface area is 147 Å². The van der Waals surface area contributed by atoms with E-state index in [1.54, 1.807) is 12.0 Å². The number of methoxy groups -OCH3 is 1. The Morgan fingerprint density at radius 2 is 2.29 bits per heavy atom. The van der Waals surface area contributed by atoms with Crippen LogP contribution >= 0.6 is 11.8 Å². The van der Waals surface area contributed by atoms with Crippen LogP contribution in [0.3, 0.4) is 0 Å². The summed E-state index contributed by atoms with van der Waals surface area (Å²) in [6.07, 6.45) is 1.68. The predicted octanol–water partition coefficient (Wildman–Crippen LogP) is 1.10. The average Bonchev–Trinajstić information content (AvgIpc) is 2.64. The summed E-state index contributed by atoms with van der Waals surface area (Å²) >= 11 is 1.49. The van der Waals surface area contributed by atoms with E-state index in [0.717, 1.165) is 30.0 Å². The van der Waals surface area contributed by atoms with Gasteiger partial charge in [0.15, 0.2) is 0 Å². The lowest BCUT2D eigenvalue weighted by atomic mass is 9.97. The molecule has 0 aromatic heterocycles. The molecule has 1 atom stereocenters. The molecule has 3 N–H and O–H groups in total. The van der Waals surface area contributed by atoms with Crippen molar-refractivity contribution in [1.29, 1.82) is 0 Å². The van der Waals surface area contributed by atoms with Crippen molar-refractivity contribution >= 4 is 23.6 Å². The Bertz CT molecular complexity index is 568. The van der Waals surface area contributed by atoms with Crippen LogP contribution in [-0.2, 0) is 9.59 Å². The van der Waals surface area contributed by atoms with Crippen molar-refractivity contribution in [3.8, 4) is 5.75 Å². The first kappa shape index (κ1) is 18.6. The van der Waals surface area contributed by atoms with Gasteiger partial charge in [0.2, 0.25) is 11.8 Å². The van der Waals surface area contributed by atoms with Crippen LogP contribution in [0.25, 0.3) is 0 Å². The molecule has 24 heavy (non-hydrogen) atoms. The zero-order valence-corrected chi connectivity index (χ0v) is 14.8. The molecule has 7 heteroatoms. The topological polar surface area (TPSA) is 84.7 Å². The number of carbonyl (C=O) groups excluding carboxylic acids is 2. The highest BCUT2D eigenvalue weighted by Crippen LogP contribution is 2.24. The van der Waals surface area contributed by atoms with E-state index in [-0.39, 0.29) is 17.7 Å². The molecule has 132 valence electrons. The standard InChI is InChI=1S/C17H25N3O3S/c1-23-14-5-2-6-15(10-14)24-12-16(21)20-9-3-4-13(11-20)17(22)19-8-7-18/h2,5-6,10,13H,3-4,7-9,11-12,18H2,1H3,(H,19,22). The van der Waals surface area contributed by atoms with Gasteiger partial charge in [0.25, 0.3) is 0 Å². The molecule has 2 rings (SSSR count). The number of hydrogen-bond donors (Lipinski definition) is 2. The molecule has 1 unspecified atom stereocenters. The first-order chi connectivity index (χ1) is 11.6. The smallest absolute Gasteiger partial charge is 0.232 e. The maximum atomic E-state index is 12.4. The van der Waals surface area contributed by atoms with E-state index in [9.17, 15) is 9.59 Å². The molecular formula is C17H25N3O3S. The van der Waals surface area contributed by atoms with Gasteiger partial charge in [-0.2, -0.15) is 0 Å². The van der Waals surface area contributed by atoms with E-state index in [2.05, 4.69) is 5.32 Å². The van der Waals surface area contributed by atoms with Crippen molar-refractivity contribution in [3.05, 3.63) is 24.3 Å². The van der Waals surface area contributed by atoms with Gasteiger partial charge in [-0.25, -0.2) is 0 Å². The van der Waals surface area contributed by atoms with Crippen molar-refractivity contribution in [2.24, 2.45) is 11.7 Å². The van der Waals surface area contributed by atoms with Gasteiger partial charge in [-0.1, -0.05) is 6.07 Å². The number of likely N-dealkylation sites (tertiary alicyclic amines) is 1. The summed E-state index contributed by atoms with van der Waals surface area (Å²) in [6.45, 7) is 2.12. The van der Waals surface area contributed by atoms with Crippen LogP contribution in [0.1, 0.15) is 12.8 Å². The predicted molar refractivity (Wildman–Crippen MR) is 95.1 cm³/mol. The van der Waals surface area contributed by atoms with Gasteiger partial charge in [-0.3, -0.25) is 9.59 Å². The highest BCUT2D eigenvalue weighted by Gasteiger charge is 2.28. The number of carbonyl (C=O) groups is 2. The Balaban J connectivity index is 1.84. The Kier molecular flexibility index (Phi) is 7.39. The largest absolute Gasteiger partial charge is 0.497 e. The Morgan fingerprint density at radius 1 is 1.46 bits per heavy atom. The third-order valence-electron chi connectivity index (χ3n) is 3.99. The number of hydrogen-bond acceptors (Lipinski definition) is 5. The monoisotopic (exact) mass is 351 g/mol. The molecule has 0 aliphatic carbocycles. The number of benzene rings is 1. The molecule has 0 bridgehead atoms. The van der Waals surface area contributed by atoms with E-state index < -0.39 is 0 Å². The summed E-state index contributed by atoms with van der Waals surface area (Å²) < 4.78 is 5.19. The maximum Gasteiger partial charge on any atom is 0.232 e. The molecule has 1 saturated heterocycles. The third-order valence-corrected chi connectivity index (χ3v) is 4.97. The van der Waals surface area contributed by atoms with Crippen molar-refractivity contribution < 1.29 is 14.3 Å². The van der Waals surface area contributed by atoms with Crippen LogP contribution in [0.4, 0.5) is 0 Å². The summed E-state index contributed by atoms with van der Waals surface area (Å²) in [5.74, 6) is 1.08. The highest BCUT2D eigenvalue weighted by atomic mass is 32.2. The van der Waals surface area contributed by atoms with Gasteiger partial charge in [-0.15, -0.1) is 11.8 Å². The minimum atomic E-state index is -0.129. The van der Waals surface area contributed by atoms with Crippen LogP contribution < -0.4 is 15.8 Å². The molecule has 1 aliphatic heterocycles. The quantitative estimate of drug-likeness (QED) is 0.719. The minimum absolute atomic E-state index is 0.00148. The lowest BCUT2D eigenvalue weighted by Gasteiger charge is -2.32. The summed E-state index contributed by atoms with van der Waals surface area (Å²) in [5.41, 5.74) is 5.41. The minimum Gasteiger partial charge on any atom is -0.497 e. The van der Waals surface area contributed by atoms with Crippen LogP contribution in [0.15, 0.2) is 29.2 Å². The van der Waals surface area contributed by atoms with Crippen molar-refractivity contribution in [2.45, 2.75) is 17.7 Å². The number of thioether (sulfide) groups is 1. The molecule has 2 amide bonds. The molecule has 6 nitrogen and oxygen atoms in total. The molecule has 1 aromatic carbocycles. The lowest BCUT2D eigenvalue weighted by molar-refractivity contribution is -0.133. The number of ether oxygens (including phenoxy) is 1. The summed E-state index contributed by atoms with van der Waals surface area (Å²) in [4.78, 5) is 27.3. The second-order valence-electron chi connectivity index (χ2n) is 5.73. The molecular weight excluding hydrogens is 326 g/mol. The van der Waals surface area contributed by atoms with Crippen LogP contribution in [-0.4, -0.2) is 55.8 Å². The fourth-order valence-electron chi connectivity index (χ4n) is 2.68. The van der Waals surface area contributed by atoms with Crippen LogP contribution in [0, 0.1) is 5.92 Å². The second kappa shape index (κ2) is 9.54. The van der Waals surface area contributed by atoms with E-state index in [1.165, 1.54) is 11.8 Å². The van der Waals surface area contributed by atoms with Gasteiger partial charge in [0.05, 0.1) is 18.8 Å².